The number of nitriles is 1. The number of anilines is 1. The van der Waals surface area contributed by atoms with Gasteiger partial charge < -0.3 is 14.3 Å². The van der Waals surface area contributed by atoms with Gasteiger partial charge in [-0.2, -0.15) is 18.8 Å². The second-order valence-corrected chi connectivity index (χ2v) is 10.3. The molecule has 210 valence electrons. The van der Waals surface area contributed by atoms with Gasteiger partial charge in [-0.25, -0.2) is 8.78 Å². The van der Waals surface area contributed by atoms with Crippen LogP contribution in [-0.4, -0.2) is 40.1 Å². The van der Waals surface area contributed by atoms with Crippen LogP contribution in [0.15, 0.2) is 65.5 Å². The van der Waals surface area contributed by atoms with E-state index in [0.717, 1.165) is 11.1 Å². The lowest BCUT2D eigenvalue weighted by molar-refractivity contribution is 0.105. The van der Waals surface area contributed by atoms with E-state index in [0.29, 0.717) is 36.4 Å². The Bertz CT molecular complexity index is 1660. The van der Waals surface area contributed by atoms with Crippen molar-refractivity contribution in [2.45, 2.75) is 25.9 Å². The van der Waals surface area contributed by atoms with Crippen LogP contribution in [0.5, 0.6) is 0 Å². The number of aromatic nitrogens is 2. The molecule has 1 atom stereocenters. The van der Waals surface area contributed by atoms with E-state index in [2.05, 4.69) is 34.6 Å². The number of pyridine rings is 2. The number of fused-ring (bicyclic) bond motifs is 1. The normalized spacial score (nSPS) is 15.5. The minimum atomic E-state index is -0.415. The summed E-state index contributed by atoms with van der Waals surface area (Å²) in [4.78, 5) is 25.5. The topological polar surface area (TPSA) is 69.5 Å². The third-order valence-electron chi connectivity index (χ3n) is 7.68. The predicted molar refractivity (Wildman–Crippen MR) is 161 cm³/mol. The Labute approximate surface area is 244 Å². The average molecular weight is 573 g/mol. The Balaban J connectivity index is 0.00000387. The monoisotopic (exact) mass is 572 g/mol. The van der Waals surface area contributed by atoms with E-state index >= 15 is 0 Å². The summed E-state index contributed by atoms with van der Waals surface area (Å²) in [5.74, 6) is -0.330. The lowest BCUT2D eigenvalue weighted by Crippen LogP contribution is -2.56. The zero-order valence-electron chi connectivity index (χ0n) is 23.0. The highest BCUT2D eigenvalue weighted by Gasteiger charge is 2.37. The van der Waals surface area contributed by atoms with Crippen LogP contribution >= 0.6 is 13.5 Å². The van der Waals surface area contributed by atoms with E-state index in [1.807, 2.05) is 4.90 Å². The molecule has 0 unspecified atom stereocenters. The van der Waals surface area contributed by atoms with Crippen molar-refractivity contribution in [3.05, 3.63) is 111 Å². The van der Waals surface area contributed by atoms with Crippen molar-refractivity contribution in [2.75, 3.05) is 24.5 Å². The summed E-state index contributed by atoms with van der Waals surface area (Å²) in [5, 5.41) is 10.0. The van der Waals surface area contributed by atoms with Crippen molar-refractivity contribution in [3.63, 3.8) is 0 Å². The van der Waals surface area contributed by atoms with E-state index in [1.165, 1.54) is 28.8 Å². The minimum absolute atomic E-state index is 0. The van der Waals surface area contributed by atoms with Crippen LogP contribution < -0.4 is 10.5 Å². The molecule has 1 fully saturated rings. The fourth-order valence-corrected chi connectivity index (χ4v) is 5.66. The van der Waals surface area contributed by atoms with Crippen LogP contribution in [0, 0.1) is 35.5 Å². The van der Waals surface area contributed by atoms with Crippen molar-refractivity contribution in [3.8, 4) is 6.07 Å². The molecule has 3 heterocycles. The van der Waals surface area contributed by atoms with Gasteiger partial charge in [-0.3, -0.25) is 9.69 Å². The van der Waals surface area contributed by atoms with Crippen molar-refractivity contribution < 1.29 is 8.78 Å². The third kappa shape index (κ3) is 5.54. The number of rotatable bonds is 5. The zero-order chi connectivity index (χ0) is 28.6. The fraction of sp³-hybridized carbons (Fsp3) is 0.290. The van der Waals surface area contributed by atoms with Crippen LogP contribution in [0.4, 0.5) is 20.3 Å². The molecule has 0 radical (unpaired) electrons. The maximum atomic E-state index is 13.9. The maximum Gasteiger partial charge on any atom is 0.271 e. The highest BCUT2D eigenvalue weighted by Crippen LogP contribution is 2.37. The van der Waals surface area contributed by atoms with E-state index in [-0.39, 0.29) is 54.5 Å². The molecule has 4 aromatic rings. The molecule has 5 rings (SSSR count). The SMILES string of the molecule is S.[C-]#[N+]c1ccc2c(n1)c(N1CCN(C(c3ccc(F)cc3)c3ccc(F)cc3)[C@@H](C(C)C)C1)c(C#N)c(=O)n2C. The van der Waals surface area contributed by atoms with Gasteiger partial charge in [0.25, 0.3) is 11.4 Å². The first kappa shape index (κ1) is 29.7. The second-order valence-electron chi connectivity index (χ2n) is 10.3. The molecule has 1 saturated heterocycles. The number of piperazine rings is 1. The molecule has 1 aliphatic heterocycles. The van der Waals surface area contributed by atoms with E-state index < -0.39 is 5.56 Å². The van der Waals surface area contributed by atoms with Gasteiger partial charge in [0.05, 0.1) is 11.6 Å². The summed E-state index contributed by atoms with van der Waals surface area (Å²) in [6.45, 7) is 13.2. The molecule has 0 saturated carbocycles. The molecule has 2 aromatic carbocycles. The molecule has 0 N–H and O–H groups in total. The first-order chi connectivity index (χ1) is 19.2. The highest BCUT2D eigenvalue weighted by molar-refractivity contribution is 7.59. The molecule has 0 amide bonds. The smallest absolute Gasteiger partial charge is 0.271 e. The number of halogens is 2. The average Bonchev–Trinajstić information content (AvgIpc) is 2.96. The van der Waals surface area contributed by atoms with Crippen LogP contribution in [0.25, 0.3) is 15.9 Å². The Morgan fingerprint density at radius 3 is 2.10 bits per heavy atom. The van der Waals surface area contributed by atoms with Gasteiger partial charge >= 0.3 is 0 Å². The van der Waals surface area contributed by atoms with E-state index in [4.69, 9.17) is 6.57 Å². The summed E-state index contributed by atoms with van der Waals surface area (Å²) in [7, 11) is 1.60. The van der Waals surface area contributed by atoms with E-state index in [9.17, 15) is 18.8 Å². The van der Waals surface area contributed by atoms with E-state index in [1.54, 1.807) is 43.4 Å². The summed E-state index contributed by atoms with van der Waals surface area (Å²) in [6, 6.07) is 17.8. The maximum absolute atomic E-state index is 13.9. The zero-order valence-corrected chi connectivity index (χ0v) is 24.0. The summed E-state index contributed by atoms with van der Waals surface area (Å²) in [5.41, 5.74) is 2.77. The lowest BCUT2D eigenvalue weighted by Gasteiger charge is -2.48. The molecule has 7 nitrogen and oxygen atoms in total. The van der Waals surface area contributed by atoms with Gasteiger partial charge in [-0.05, 0) is 53.4 Å². The van der Waals surface area contributed by atoms with Gasteiger partial charge in [0, 0.05) is 32.7 Å². The van der Waals surface area contributed by atoms with Gasteiger partial charge in [0.15, 0.2) is 0 Å². The largest absolute Gasteiger partial charge is 0.364 e. The molecular formula is C31H30F2N6OS. The summed E-state index contributed by atoms with van der Waals surface area (Å²) in [6.07, 6.45) is 0. The molecule has 0 bridgehead atoms. The van der Waals surface area contributed by atoms with Crippen molar-refractivity contribution in [1.82, 2.24) is 14.5 Å². The number of hydrogen-bond donors (Lipinski definition) is 0. The number of hydrogen-bond acceptors (Lipinski definition) is 5. The molecular weight excluding hydrogens is 542 g/mol. The van der Waals surface area contributed by atoms with Crippen LogP contribution in [0.3, 0.4) is 0 Å². The number of aryl methyl sites for hydroxylation is 1. The number of benzene rings is 2. The Morgan fingerprint density at radius 1 is 1.00 bits per heavy atom. The van der Waals surface area contributed by atoms with Crippen molar-refractivity contribution in [1.29, 1.82) is 5.26 Å². The van der Waals surface area contributed by atoms with Gasteiger partial charge in [0.2, 0.25) is 5.52 Å². The molecule has 0 aliphatic carbocycles. The highest BCUT2D eigenvalue weighted by atomic mass is 32.1. The van der Waals surface area contributed by atoms with Gasteiger partial charge in [-0.15, -0.1) is 4.98 Å². The predicted octanol–water partition coefficient (Wildman–Crippen LogP) is 5.68. The summed E-state index contributed by atoms with van der Waals surface area (Å²) < 4.78 is 29.1. The van der Waals surface area contributed by atoms with Gasteiger partial charge in [0.1, 0.15) is 29.0 Å². The Morgan fingerprint density at radius 2 is 1.59 bits per heavy atom. The summed E-state index contributed by atoms with van der Waals surface area (Å²) >= 11 is 0. The Kier molecular flexibility index (Phi) is 8.77. The van der Waals surface area contributed by atoms with Crippen LogP contribution in [0.2, 0.25) is 0 Å². The van der Waals surface area contributed by atoms with Crippen molar-refractivity contribution in [2.24, 2.45) is 13.0 Å². The first-order valence-electron chi connectivity index (χ1n) is 13.1. The van der Waals surface area contributed by atoms with Crippen LogP contribution in [-0.2, 0) is 7.05 Å². The molecule has 0 spiro atoms. The molecule has 1 aliphatic rings. The first-order valence-corrected chi connectivity index (χ1v) is 13.1. The standard InChI is InChI=1S/C31H28F2N6O.H2S/c1-19(2)26-18-38(30-24(17-34)31(40)37(4)25-13-14-27(35-3)36-28(25)30)15-16-39(26)29(20-5-9-22(32)10-6-20)21-7-11-23(33)12-8-21;/h5-14,19,26,29H,15-16,18H2,1-2,4H3;1H2/t26-;/m1./s1. The Hall–Kier alpha value is -4.25. The fourth-order valence-electron chi connectivity index (χ4n) is 5.66. The molecule has 10 heteroatoms. The molecule has 2 aromatic heterocycles. The second kappa shape index (κ2) is 12.1. The van der Waals surface area contributed by atoms with Gasteiger partial charge in [-0.1, -0.05) is 44.7 Å². The molecule has 41 heavy (non-hydrogen) atoms. The quantitative estimate of drug-likeness (QED) is 0.288. The number of nitrogens with zero attached hydrogens (tertiary/aromatic N) is 6. The van der Waals surface area contributed by atoms with Crippen LogP contribution in [0.1, 0.15) is 36.6 Å². The lowest BCUT2D eigenvalue weighted by atomic mass is 9.90. The third-order valence-corrected chi connectivity index (χ3v) is 7.68. The minimum Gasteiger partial charge on any atom is -0.364 e. The van der Waals surface area contributed by atoms with Crippen molar-refractivity contribution >= 4 is 36.0 Å².